The minimum Gasteiger partial charge on any atom is -0.480 e. The molecule has 1 aliphatic heterocycles. The Hall–Kier alpha value is -1.44. The number of hydrogen-bond donors (Lipinski definition) is 1. The smallest absolute Gasteiger partial charge is 0.318 e. The van der Waals surface area contributed by atoms with Crippen LogP contribution in [0.5, 0.6) is 0 Å². The second-order valence-electron chi connectivity index (χ2n) is 6.09. The number of sulfone groups is 1. The second-order valence-corrected chi connectivity index (χ2v) is 8.28. The van der Waals surface area contributed by atoms with Crippen molar-refractivity contribution in [3.05, 3.63) is 35.4 Å². The zero-order valence-corrected chi connectivity index (χ0v) is 14.3. The Labute approximate surface area is 137 Å². The molecule has 23 heavy (non-hydrogen) atoms. The second kappa shape index (κ2) is 7.90. The molecule has 1 aromatic rings. The molecule has 1 heterocycles. The summed E-state index contributed by atoms with van der Waals surface area (Å²) in [6.45, 7) is 6.82. The average molecular weight is 340 g/mol. The van der Waals surface area contributed by atoms with Crippen molar-refractivity contribution in [1.29, 1.82) is 0 Å². The lowest BCUT2D eigenvalue weighted by atomic mass is 10.1. The van der Waals surface area contributed by atoms with Crippen LogP contribution in [-0.2, 0) is 21.2 Å². The first-order valence-electron chi connectivity index (χ1n) is 7.76. The van der Waals surface area contributed by atoms with E-state index in [0.717, 1.165) is 32.7 Å². The van der Waals surface area contributed by atoms with Crippen LogP contribution in [0.1, 0.15) is 11.1 Å². The first-order valence-corrected chi connectivity index (χ1v) is 9.59. The van der Waals surface area contributed by atoms with E-state index in [1.807, 2.05) is 0 Å². The predicted molar refractivity (Wildman–Crippen MR) is 89.2 cm³/mol. The number of aliphatic carboxylic acids is 1. The molecule has 0 saturated carbocycles. The lowest BCUT2D eigenvalue weighted by molar-refractivity contribution is -0.134. The molecule has 7 heteroatoms. The maximum Gasteiger partial charge on any atom is 0.318 e. The van der Waals surface area contributed by atoms with E-state index in [9.17, 15) is 13.2 Å². The molecule has 0 bridgehead atoms. The highest BCUT2D eigenvalue weighted by Gasteiger charge is 2.21. The van der Waals surface area contributed by atoms with Gasteiger partial charge in [0.2, 0.25) is 0 Å². The van der Waals surface area contributed by atoms with E-state index in [-0.39, 0.29) is 5.75 Å². The van der Waals surface area contributed by atoms with Gasteiger partial charge in [0.05, 0.1) is 5.75 Å². The van der Waals surface area contributed by atoms with E-state index in [1.165, 1.54) is 11.1 Å². The van der Waals surface area contributed by atoms with Gasteiger partial charge in [-0.2, -0.15) is 0 Å². The fraction of sp³-hybridized carbons (Fsp3) is 0.562. The summed E-state index contributed by atoms with van der Waals surface area (Å²) < 4.78 is 23.2. The zero-order valence-electron chi connectivity index (χ0n) is 13.4. The maximum atomic E-state index is 11.6. The van der Waals surface area contributed by atoms with Crippen molar-refractivity contribution in [2.45, 2.75) is 13.5 Å². The van der Waals surface area contributed by atoms with Gasteiger partial charge >= 0.3 is 5.97 Å². The molecule has 1 aromatic carbocycles. The molecule has 1 fully saturated rings. The quantitative estimate of drug-likeness (QED) is 0.784. The van der Waals surface area contributed by atoms with E-state index >= 15 is 0 Å². The predicted octanol–water partition coefficient (Wildman–Crippen LogP) is 0.612. The van der Waals surface area contributed by atoms with Gasteiger partial charge < -0.3 is 5.11 Å². The third kappa shape index (κ3) is 6.29. The number of carboxylic acid groups (broad SMARTS) is 1. The van der Waals surface area contributed by atoms with Crippen molar-refractivity contribution in [3.8, 4) is 0 Å². The molecule has 2 rings (SSSR count). The van der Waals surface area contributed by atoms with Crippen molar-refractivity contribution in [2.75, 3.05) is 44.2 Å². The molecule has 1 saturated heterocycles. The van der Waals surface area contributed by atoms with E-state index < -0.39 is 21.6 Å². The van der Waals surface area contributed by atoms with Gasteiger partial charge in [-0.1, -0.05) is 29.8 Å². The number of nitrogens with zero attached hydrogens (tertiary/aromatic N) is 2. The SMILES string of the molecule is Cc1cccc(CN2CCN(CCS(=O)(=O)CC(=O)O)CC2)c1. The summed E-state index contributed by atoms with van der Waals surface area (Å²) >= 11 is 0. The molecule has 6 nitrogen and oxygen atoms in total. The summed E-state index contributed by atoms with van der Waals surface area (Å²) in [7, 11) is -3.50. The van der Waals surface area contributed by atoms with Crippen LogP contribution in [-0.4, -0.2) is 73.5 Å². The summed E-state index contributed by atoms with van der Waals surface area (Å²) in [5.41, 5.74) is 2.55. The lowest BCUT2D eigenvalue weighted by Gasteiger charge is -2.34. The van der Waals surface area contributed by atoms with E-state index in [2.05, 4.69) is 41.0 Å². The molecule has 1 N–H and O–H groups in total. The number of carbonyl (C=O) groups is 1. The van der Waals surface area contributed by atoms with Crippen LogP contribution in [0.25, 0.3) is 0 Å². The van der Waals surface area contributed by atoms with Gasteiger partial charge in [-0.15, -0.1) is 0 Å². The molecule has 128 valence electrons. The Morgan fingerprint density at radius 1 is 1.17 bits per heavy atom. The third-order valence-electron chi connectivity index (χ3n) is 4.02. The summed E-state index contributed by atoms with van der Waals surface area (Å²) in [6, 6.07) is 8.45. The summed E-state index contributed by atoms with van der Waals surface area (Å²) in [6.07, 6.45) is 0. The number of hydrogen-bond acceptors (Lipinski definition) is 5. The Morgan fingerprint density at radius 3 is 2.43 bits per heavy atom. The highest BCUT2D eigenvalue weighted by Crippen LogP contribution is 2.10. The number of carboxylic acids is 1. The van der Waals surface area contributed by atoms with Crippen LogP contribution >= 0.6 is 0 Å². The van der Waals surface area contributed by atoms with Crippen molar-refractivity contribution in [1.82, 2.24) is 9.80 Å². The van der Waals surface area contributed by atoms with E-state index in [4.69, 9.17) is 5.11 Å². The Bertz CT molecular complexity index is 637. The topological polar surface area (TPSA) is 77.9 Å². The minimum absolute atomic E-state index is 0.0861. The Kier molecular flexibility index (Phi) is 6.15. The van der Waals surface area contributed by atoms with Crippen LogP contribution < -0.4 is 0 Å². The fourth-order valence-electron chi connectivity index (χ4n) is 2.77. The van der Waals surface area contributed by atoms with Gasteiger partial charge in [0, 0.05) is 39.3 Å². The molecule has 0 unspecified atom stereocenters. The normalized spacial score (nSPS) is 17.3. The van der Waals surface area contributed by atoms with Gasteiger partial charge in [0.25, 0.3) is 0 Å². The van der Waals surface area contributed by atoms with Crippen molar-refractivity contribution in [3.63, 3.8) is 0 Å². The highest BCUT2D eigenvalue weighted by atomic mass is 32.2. The molecular weight excluding hydrogens is 316 g/mol. The van der Waals surface area contributed by atoms with E-state index in [0.29, 0.717) is 6.54 Å². The minimum atomic E-state index is -3.50. The molecule has 0 aromatic heterocycles. The van der Waals surface area contributed by atoms with Gasteiger partial charge in [0.15, 0.2) is 9.84 Å². The van der Waals surface area contributed by atoms with Gasteiger partial charge in [0.1, 0.15) is 5.75 Å². The molecule has 1 aliphatic rings. The Balaban J connectivity index is 1.75. The van der Waals surface area contributed by atoms with Crippen molar-refractivity contribution >= 4 is 15.8 Å². The van der Waals surface area contributed by atoms with E-state index in [1.54, 1.807) is 0 Å². The largest absolute Gasteiger partial charge is 0.480 e. The molecule has 0 spiro atoms. The highest BCUT2D eigenvalue weighted by molar-refractivity contribution is 7.92. The average Bonchev–Trinajstić information content (AvgIpc) is 2.45. The van der Waals surface area contributed by atoms with Gasteiger partial charge in [-0.25, -0.2) is 8.42 Å². The van der Waals surface area contributed by atoms with Crippen molar-refractivity contribution < 1.29 is 18.3 Å². The third-order valence-corrected chi connectivity index (χ3v) is 5.51. The summed E-state index contributed by atoms with van der Waals surface area (Å²) in [5, 5.41) is 8.58. The maximum absolute atomic E-state index is 11.6. The fourth-order valence-corrected chi connectivity index (χ4v) is 3.83. The van der Waals surface area contributed by atoms with Crippen LogP contribution in [0.3, 0.4) is 0 Å². The first kappa shape index (κ1) is 17.9. The monoisotopic (exact) mass is 340 g/mol. The molecule has 0 aliphatic carbocycles. The lowest BCUT2D eigenvalue weighted by Crippen LogP contribution is -2.47. The number of rotatable bonds is 7. The standard InChI is InChI=1S/C16H24N2O4S/c1-14-3-2-4-15(11-14)12-18-7-5-17(6-8-18)9-10-23(21,22)13-16(19)20/h2-4,11H,5-10,12-13H2,1H3,(H,19,20). The number of aryl methyl sites for hydroxylation is 1. The molecular formula is C16H24N2O4S. The van der Waals surface area contributed by atoms with Crippen LogP contribution in [0.4, 0.5) is 0 Å². The van der Waals surface area contributed by atoms with Gasteiger partial charge in [-0.3, -0.25) is 14.6 Å². The first-order chi connectivity index (χ1) is 10.8. The van der Waals surface area contributed by atoms with Crippen LogP contribution in [0.15, 0.2) is 24.3 Å². The van der Waals surface area contributed by atoms with Crippen LogP contribution in [0.2, 0.25) is 0 Å². The zero-order chi connectivity index (χ0) is 16.9. The number of piperazine rings is 1. The molecule has 0 atom stereocenters. The van der Waals surface area contributed by atoms with Crippen LogP contribution in [0, 0.1) is 6.92 Å². The summed E-state index contributed by atoms with van der Waals surface area (Å²) in [4.78, 5) is 15.0. The van der Waals surface area contributed by atoms with Crippen molar-refractivity contribution in [2.24, 2.45) is 0 Å². The Morgan fingerprint density at radius 2 is 1.83 bits per heavy atom. The summed E-state index contributed by atoms with van der Waals surface area (Å²) in [5.74, 6) is -2.15. The number of benzene rings is 1. The molecule has 0 amide bonds. The molecule has 0 radical (unpaired) electrons. The van der Waals surface area contributed by atoms with Gasteiger partial charge in [-0.05, 0) is 12.5 Å².